The highest BCUT2D eigenvalue weighted by Gasteiger charge is 1.88. The maximum atomic E-state index is 9.51. The fraction of sp³-hybridized carbons (Fsp3) is 0.500. The Morgan fingerprint density at radius 3 is 2.50 bits per heavy atom. The van der Waals surface area contributed by atoms with Crippen molar-refractivity contribution < 1.29 is 4.79 Å². The minimum absolute atomic E-state index is 0.440. The number of nitriles is 1. The average molecular weight is 83.1 g/mol. The largest absolute Gasteiger partial charge is 0.302 e. The molecule has 0 aliphatic carbocycles. The van der Waals surface area contributed by atoms with Gasteiger partial charge in [0.25, 0.3) is 0 Å². The van der Waals surface area contributed by atoms with Crippen LogP contribution in [-0.2, 0) is 4.79 Å². The number of hydrogen-bond donors (Lipinski definition) is 0. The zero-order chi connectivity index (χ0) is 4.99. The second kappa shape index (κ2) is 2.40. The molecule has 0 heterocycles. The van der Waals surface area contributed by atoms with Crippen LogP contribution in [0.25, 0.3) is 0 Å². The average Bonchev–Trinajstić information content (AvgIpc) is 1.65. The molecule has 0 spiro atoms. The summed E-state index contributed by atoms with van der Waals surface area (Å²) in [5, 5.41) is 7.85. The van der Waals surface area contributed by atoms with Gasteiger partial charge in [-0.15, -0.1) is 0 Å². The van der Waals surface area contributed by atoms with E-state index in [0.717, 1.165) is 0 Å². The van der Waals surface area contributed by atoms with Crippen LogP contribution in [0.1, 0.15) is 6.92 Å². The molecule has 0 aromatic carbocycles. The summed E-state index contributed by atoms with van der Waals surface area (Å²) in [6.07, 6.45) is 0.611. The lowest BCUT2D eigenvalue weighted by Gasteiger charge is -1.75. The van der Waals surface area contributed by atoms with Crippen molar-refractivity contribution in [2.45, 2.75) is 6.92 Å². The minimum atomic E-state index is -0.440. The van der Waals surface area contributed by atoms with E-state index in [1.807, 2.05) is 0 Å². The van der Waals surface area contributed by atoms with Gasteiger partial charge in [0.2, 0.25) is 0 Å². The van der Waals surface area contributed by atoms with Crippen LogP contribution in [0.2, 0.25) is 0 Å². The van der Waals surface area contributed by atoms with E-state index < -0.39 is 5.92 Å². The Morgan fingerprint density at radius 1 is 2.00 bits per heavy atom. The van der Waals surface area contributed by atoms with E-state index >= 15 is 0 Å². The highest BCUT2D eigenvalue weighted by molar-refractivity contribution is 5.56. The second-order valence-electron chi connectivity index (χ2n) is 1.05. The van der Waals surface area contributed by atoms with Gasteiger partial charge in [-0.05, 0) is 6.92 Å². The number of aldehydes is 1. The van der Waals surface area contributed by atoms with Gasteiger partial charge in [-0.2, -0.15) is 5.26 Å². The molecule has 0 aromatic heterocycles. The molecule has 0 saturated heterocycles. The van der Waals surface area contributed by atoms with Gasteiger partial charge in [0.15, 0.2) is 0 Å². The second-order valence-corrected chi connectivity index (χ2v) is 1.05. The highest BCUT2D eigenvalue weighted by Crippen LogP contribution is 1.79. The highest BCUT2D eigenvalue weighted by atomic mass is 16.1. The molecule has 2 heteroatoms. The molecule has 0 fully saturated rings. The standard InChI is InChI=1S/C4H5NO/c1-4(2-5)3-6/h3-4H,1H3. The summed E-state index contributed by atoms with van der Waals surface area (Å²) < 4.78 is 0. The van der Waals surface area contributed by atoms with Crippen LogP contribution in [0.15, 0.2) is 0 Å². The molecule has 0 aliphatic rings. The first-order valence-electron chi connectivity index (χ1n) is 1.66. The first kappa shape index (κ1) is 5.16. The van der Waals surface area contributed by atoms with Crippen molar-refractivity contribution in [1.82, 2.24) is 0 Å². The number of hydrogen-bond acceptors (Lipinski definition) is 2. The Labute approximate surface area is 36.4 Å². The van der Waals surface area contributed by atoms with Crippen LogP contribution >= 0.6 is 0 Å². The number of carbonyl (C=O) groups is 1. The van der Waals surface area contributed by atoms with Gasteiger partial charge < -0.3 is 4.79 Å². The van der Waals surface area contributed by atoms with Gasteiger partial charge in [0, 0.05) is 0 Å². The summed E-state index contributed by atoms with van der Waals surface area (Å²) in [6.45, 7) is 1.55. The Morgan fingerprint density at radius 2 is 2.50 bits per heavy atom. The predicted molar refractivity (Wildman–Crippen MR) is 20.8 cm³/mol. The summed E-state index contributed by atoms with van der Waals surface area (Å²) in [5.74, 6) is -0.440. The lowest BCUT2D eigenvalue weighted by molar-refractivity contribution is -0.109. The molecule has 0 saturated carbocycles. The van der Waals surface area contributed by atoms with Crippen LogP contribution in [0, 0.1) is 17.2 Å². The molecule has 0 aliphatic heterocycles. The van der Waals surface area contributed by atoms with E-state index in [4.69, 9.17) is 5.26 Å². The number of rotatable bonds is 1. The molecule has 0 N–H and O–H groups in total. The molecule has 2 nitrogen and oxygen atoms in total. The Balaban J connectivity index is 3.30. The molecule has 0 amide bonds. The van der Waals surface area contributed by atoms with Crippen molar-refractivity contribution >= 4 is 6.29 Å². The molecule has 0 bridgehead atoms. The Kier molecular flexibility index (Phi) is 2.06. The van der Waals surface area contributed by atoms with Crippen molar-refractivity contribution in [2.75, 3.05) is 0 Å². The van der Waals surface area contributed by atoms with Crippen LogP contribution in [0.5, 0.6) is 0 Å². The number of nitrogens with zero attached hydrogens (tertiary/aromatic N) is 1. The zero-order valence-corrected chi connectivity index (χ0v) is 3.51. The van der Waals surface area contributed by atoms with E-state index in [1.165, 1.54) is 0 Å². The van der Waals surface area contributed by atoms with Crippen molar-refractivity contribution in [2.24, 2.45) is 5.92 Å². The maximum absolute atomic E-state index is 9.51. The van der Waals surface area contributed by atoms with E-state index in [-0.39, 0.29) is 0 Å². The van der Waals surface area contributed by atoms with Crippen LogP contribution < -0.4 is 0 Å². The molecule has 1 unspecified atom stereocenters. The van der Waals surface area contributed by atoms with Crippen LogP contribution in [-0.4, -0.2) is 6.29 Å². The van der Waals surface area contributed by atoms with Gasteiger partial charge >= 0.3 is 0 Å². The normalized spacial score (nSPS) is 12.0. The third kappa shape index (κ3) is 1.48. The third-order valence-corrected chi connectivity index (χ3v) is 0.408. The smallest absolute Gasteiger partial charge is 0.136 e. The van der Waals surface area contributed by atoms with Crippen molar-refractivity contribution in [3.05, 3.63) is 0 Å². The Hall–Kier alpha value is -0.840. The summed E-state index contributed by atoms with van der Waals surface area (Å²) in [4.78, 5) is 9.51. The van der Waals surface area contributed by atoms with E-state index in [1.54, 1.807) is 13.0 Å². The van der Waals surface area contributed by atoms with Gasteiger partial charge in [-0.3, -0.25) is 0 Å². The molecular weight excluding hydrogens is 78.0 g/mol. The van der Waals surface area contributed by atoms with Crippen molar-refractivity contribution in [1.29, 1.82) is 5.26 Å². The molecule has 32 valence electrons. The summed E-state index contributed by atoms with van der Waals surface area (Å²) >= 11 is 0. The summed E-state index contributed by atoms with van der Waals surface area (Å²) in [6, 6.07) is 1.75. The molecule has 0 rings (SSSR count). The fourth-order valence-corrected chi connectivity index (χ4v) is 0.0304. The molecule has 6 heavy (non-hydrogen) atoms. The summed E-state index contributed by atoms with van der Waals surface area (Å²) in [5.41, 5.74) is 0. The van der Waals surface area contributed by atoms with E-state index in [2.05, 4.69) is 0 Å². The fourth-order valence-electron chi connectivity index (χ4n) is 0.0304. The van der Waals surface area contributed by atoms with E-state index in [9.17, 15) is 4.79 Å². The van der Waals surface area contributed by atoms with Gasteiger partial charge in [0.05, 0.1) is 12.0 Å². The van der Waals surface area contributed by atoms with Crippen molar-refractivity contribution in [3.63, 3.8) is 0 Å². The quantitative estimate of drug-likeness (QED) is 0.429. The SMILES string of the molecule is CC(C#N)C=O. The zero-order valence-electron chi connectivity index (χ0n) is 3.51. The van der Waals surface area contributed by atoms with Gasteiger partial charge in [0.1, 0.15) is 6.29 Å². The minimum Gasteiger partial charge on any atom is -0.302 e. The van der Waals surface area contributed by atoms with E-state index in [0.29, 0.717) is 6.29 Å². The van der Waals surface area contributed by atoms with Gasteiger partial charge in [-0.1, -0.05) is 0 Å². The molecular formula is C4H5NO. The monoisotopic (exact) mass is 83.0 g/mol. The van der Waals surface area contributed by atoms with Crippen molar-refractivity contribution in [3.8, 4) is 6.07 Å². The molecule has 0 aromatic rings. The number of carbonyl (C=O) groups excluding carboxylic acids is 1. The maximum Gasteiger partial charge on any atom is 0.136 e. The predicted octanol–water partition coefficient (Wildman–Crippen LogP) is 0.345. The summed E-state index contributed by atoms with van der Waals surface area (Å²) in [7, 11) is 0. The van der Waals surface area contributed by atoms with Crippen LogP contribution in [0.3, 0.4) is 0 Å². The third-order valence-electron chi connectivity index (χ3n) is 0.408. The lowest BCUT2D eigenvalue weighted by Crippen LogP contribution is -1.86. The lowest BCUT2D eigenvalue weighted by atomic mass is 10.2. The van der Waals surface area contributed by atoms with Gasteiger partial charge in [-0.25, -0.2) is 0 Å². The molecule has 0 radical (unpaired) electrons. The first-order chi connectivity index (χ1) is 2.81. The topological polar surface area (TPSA) is 40.9 Å². The van der Waals surface area contributed by atoms with Crippen LogP contribution in [0.4, 0.5) is 0 Å². The Bertz CT molecular complexity index is 82.0. The first-order valence-corrected chi connectivity index (χ1v) is 1.66. The molecule has 1 atom stereocenters.